The van der Waals surface area contributed by atoms with E-state index in [9.17, 15) is 14.7 Å². The Morgan fingerprint density at radius 2 is 1.84 bits per heavy atom. The molecule has 2 aliphatic rings. The Labute approximate surface area is 180 Å². The molecule has 0 bridgehead atoms. The zero-order chi connectivity index (χ0) is 22.0. The number of amides is 1. The fourth-order valence-corrected chi connectivity index (χ4v) is 4.11. The molecule has 3 aromatic rings. The van der Waals surface area contributed by atoms with Crippen molar-refractivity contribution in [2.75, 3.05) is 12.1 Å². The number of aromatic carboxylic acids is 1. The minimum Gasteiger partial charge on any atom is -0.478 e. The van der Waals surface area contributed by atoms with Crippen molar-refractivity contribution < 1.29 is 25.6 Å². The molecular weight excluding hydrogens is 396 g/mol. The van der Waals surface area contributed by atoms with Crippen LogP contribution in [0.15, 0.2) is 36.4 Å². The van der Waals surface area contributed by atoms with Crippen LogP contribution in [-0.4, -0.2) is 28.8 Å². The third-order valence-electron chi connectivity index (χ3n) is 6.13. The third-order valence-corrected chi connectivity index (χ3v) is 6.13. The maximum absolute atomic E-state index is 13.2. The summed E-state index contributed by atoms with van der Waals surface area (Å²) < 4.78 is 10.8. The molecule has 7 heteroatoms. The lowest BCUT2D eigenvalue weighted by molar-refractivity contribution is -0.118. The first-order valence-corrected chi connectivity index (χ1v) is 10.3. The van der Waals surface area contributed by atoms with Gasteiger partial charge in [0, 0.05) is 23.6 Å². The summed E-state index contributed by atoms with van der Waals surface area (Å²) in [5.41, 5.74) is 2.20. The number of carboxylic acid groups (broad SMARTS) is 1. The smallest absolute Gasteiger partial charge is 0.337 e. The summed E-state index contributed by atoms with van der Waals surface area (Å²) in [6.45, 7) is 6.36. The zero-order valence-corrected chi connectivity index (χ0v) is 17.7. The summed E-state index contributed by atoms with van der Waals surface area (Å²) in [4.78, 5) is 28.4. The average Bonchev–Trinajstić information content (AvgIpc) is 3.17. The third kappa shape index (κ3) is 3.21. The van der Waals surface area contributed by atoms with Gasteiger partial charge >= 0.3 is 5.97 Å². The van der Waals surface area contributed by atoms with E-state index < -0.39 is 11.4 Å². The first-order chi connectivity index (χ1) is 14.7. The highest BCUT2D eigenvalue weighted by atomic mass is 16.7. The van der Waals surface area contributed by atoms with Crippen molar-refractivity contribution in [3.05, 3.63) is 53.2 Å². The number of carbonyl (C=O) groups excluding carboxylic acids is 1. The first kappa shape index (κ1) is 19.5. The molecule has 0 atom stereocenters. The van der Waals surface area contributed by atoms with Crippen LogP contribution in [0.3, 0.4) is 0 Å². The van der Waals surface area contributed by atoms with Crippen LogP contribution >= 0.6 is 0 Å². The number of aromatic amines is 1. The van der Waals surface area contributed by atoms with Crippen LogP contribution in [-0.2, 0) is 15.6 Å². The van der Waals surface area contributed by atoms with E-state index in [1.54, 1.807) is 0 Å². The van der Waals surface area contributed by atoms with Crippen molar-refractivity contribution in [2.45, 2.75) is 44.4 Å². The normalized spacial score (nSPS) is 16.4. The second-order valence-corrected chi connectivity index (χ2v) is 9.33. The number of hydrogen-bond acceptors (Lipinski definition) is 4. The number of anilines is 1. The van der Waals surface area contributed by atoms with E-state index in [-0.39, 0.29) is 25.1 Å². The van der Waals surface area contributed by atoms with E-state index >= 15 is 0 Å². The summed E-state index contributed by atoms with van der Waals surface area (Å²) in [5, 5.41) is 13.5. The molecule has 1 aliphatic carbocycles. The van der Waals surface area contributed by atoms with Crippen LogP contribution < -0.4 is 14.8 Å². The summed E-state index contributed by atoms with van der Waals surface area (Å²) in [6, 6.07) is 10.9. The van der Waals surface area contributed by atoms with E-state index in [4.69, 9.17) is 9.47 Å². The number of rotatable bonds is 4. The Morgan fingerprint density at radius 3 is 2.52 bits per heavy atom. The topological polar surface area (TPSA) is 101 Å². The zero-order valence-electron chi connectivity index (χ0n) is 17.7. The molecule has 7 nitrogen and oxygen atoms in total. The lowest BCUT2D eigenvalue weighted by Gasteiger charge is -2.17. The van der Waals surface area contributed by atoms with Crippen LogP contribution in [0.2, 0.25) is 0 Å². The predicted molar refractivity (Wildman–Crippen MR) is 118 cm³/mol. The Morgan fingerprint density at radius 1 is 1.10 bits per heavy atom. The van der Waals surface area contributed by atoms with Crippen molar-refractivity contribution in [2.24, 2.45) is 0 Å². The molecule has 3 N–H and O–H groups in total. The maximum atomic E-state index is 13.2. The van der Waals surface area contributed by atoms with Crippen molar-refractivity contribution in [3.63, 3.8) is 0 Å². The van der Waals surface area contributed by atoms with Crippen molar-refractivity contribution in [3.8, 4) is 11.5 Å². The molecule has 2 heterocycles. The van der Waals surface area contributed by atoms with E-state index in [1.807, 2.05) is 30.3 Å². The SMILES string of the molecule is CC(C)(C)c1cc2cc(NC(=O)C3(c4ccc5c(c4)OCO5)CC3)cc(C(=O)O)c2[nH]1.[HH]. The van der Waals surface area contributed by atoms with Gasteiger partial charge in [0.1, 0.15) is 0 Å². The lowest BCUT2D eigenvalue weighted by Crippen LogP contribution is -2.27. The fraction of sp³-hybridized carbons (Fsp3) is 0.333. The number of aromatic nitrogens is 1. The van der Waals surface area contributed by atoms with Crippen LogP contribution in [0.1, 0.15) is 56.7 Å². The molecular formula is C24H26N2O5. The maximum Gasteiger partial charge on any atom is 0.337 e. The van der Waals surface area contributed by atoms with Gasteiger partial charge in [-0.25, -0.2) is 4.79 Å². The fourth-order valence-electron chi connectivity index (χ4n) is 4.11. The first-order valence-electron chi connectivity index (χ1n) is 10.3. The minimum absolute atomic E-state index is 0. The molecule has 1 amide bonds. The van der Waals surface area contributed by atoms with Gasteiger partial charge in [0.2, 0.25) is 12.7 Å². The molecule has 1 saturated carbocycles. The van der Waals surface area contributed by atoms with E-state index in [1.165, 1.54) is 6.07 Å². The van der Waals surface area contributed by atoms with E-state index in [0.29, 0.717) is 22.7 Å². The Balaban J connectivity index is 0.00000245. The molecule has 162 valence electrons. The van der Waals surface area contributed by atoms with Gasteiger partial charge in [-0.15, -0.1) is 0 Å². The number of carbonyl (C=O) groups is 2. The molecule has 0 radical (unpaired) electrons. The Hall–Kier alpha value is -3.48. The van der Waals surface area contributed by atoms with Gasteiger partial charge in [0.25, 0.3) is 0 Å². The predicted octanol–water partition coefficient (Wildman–Crippen LogP) is 4.81. The standard InChI is InChI=1S/C24H24N2O5.H2/c1-23(2,3)19-9-13-8-15(11-16(21(27)28)20(13)26-19)25-22(29)24(6-7-24)14-4-5-17-18(10-14)31-12-30-17;/h4-5,8-11,26H,6-7,12H2,1-3H3,(H,25,29)(H,27,28);1H. The molecule has 0 unspecified atom stereocenters. The molecule has 1 aromatic heterocycles. The number of carboxylic acids is 1. The van der Waals surface area contributed by atoms with Gasteiger partial charge in [0.15, 0.2) is 11.5 Å². The minimum atomic E-state index is -1.04. The van der Waals surface area contributed by atoms with Gasteiger partial charge in [-0.2, -0.15) is 0 Å². The average molecular weight is 422 g/mol. The van der Waals surface area contributed by atoms with Crippen LogP contribution in [0, 0.1) is 0 Å². The Bertz CT molecular complexity index is 1240. The monoisotopic (exact) mass is 422 g/mol. The number of hydrogen-bond donors (Lipinski definition) is 3. The second kappa shape index (κ2) is 6.51. The quantitative estimate of drug-likeness (QED) is 0.560. The van der Waals surface area contributed by atoms with Crippen LogP contribution in [0.25, 0.3) is 10.9 Å². The van der Waals surface area contributed by atoms with Crippen molar-refractivity contribution >= 4 is 28.5 Å². The Kier molecular flexibility index (Phi) is 4.09. The van der Waals surface area contributed by atoms with E-state index in [2.05, 4.69) is 31.1 Å². The summed E-state index contributed by atoms with van der Waals surface area (Å²) >= 11 is 0. The number of nitrogens with one attached hydrogen (secondary N) is 2. The highest BCUT2D eigenvalue weighted by Crippen LogP contribution is 2.51. The molecule has 5 rings (SSSR count). The molecule has 0 spiro atoms. The number of fused-ring (bicyclic) bond motifs is 2. The second-order valence-electron chi connectivity index (χ2n) is 9.33. The van der Waals surface area contributed by atoms with Crippen molar-refractivity contribution in [1.82, 2.24) is 4.98 Å². The van der Waals surface area contributed by atoms with Crippen LogP contribution in [0.5, 0.6) is 11.5 Å². The van der Waals surface area contributed by atoms with E-state index in [0.717, 1.165) is 29.5 Å². The van der Waals surface area contributed by atoms with Gasteiger partial charge in [-0.3, -0.25) is 4.79 Å². The summed E-state index contributed by atoms with van der Waals surface area (Å²) in [5.74, 6) is 0.140. The largest absolute Gasteiger partial charge is 0.478 e. The number of ether oxygens (including phenoxy) is 2. The molecule has 31 heavy (non-hydrogen) atoms. The van der Waals surface area contributed by atoms with Crippen molar-refractivity contribution in [1.29, 1.82) is 0 Å². The van der Waals surface area contributed by atoms with Gasteiger partial charge < -0.3 is 24.9 Å². The molecule has 1 fully saturated rings. The lowest BCUT2D eigenvalue weighted by atomic mass is 9.92. The van der Waals surface area contributed by atoms with Gasteiger partial charge in [0.05, 0.1) is 16.5 Å². The highest BCUT2D eigenvalue weighted by molar-refractivity contribution is 6.07. The molecule has 0 saturated heterocycles. The van der Waals surface area contributed by atoms with Gasteiger partial charge in [-0.1, -0.05) is 26.8 Å². The molecule has 1 aliphatic heterocycles. The van der Waals surface area contributed by atoms with Crippen LogP contribution in [0.4, 0.5) is 5.69 Å². The molecule has 2 aromatic carbocycles. The number of H-pyrrole nitrogens is 1. The summed E-state index contributed by atoms with van der Waals surface area (Å²) in [7, 11) is 0. The summed E-state index contributed by atoms with van der Waals surface area (Å²) in [6.07, 6.45) is 1.45. The van der Waals surface area contributed by atoms with Gasteiger partial charge in [-0.05, 0) is 48.7 Å². The highest BCUT2D eigenvalue weighted by Gasteiger charge is 2.51. The number of benzene rings is 2.